The van der Waals surface area contributed by atoms with Gasteiger partial charge in [-0.05, 0) is 47.0 Å². The van der Waals surface area contributed by atoms with Crippen molar-refractivity contribution in [3.05, 3.63) is 33.3 Å². The highest BCUT2D eigenvalue weighted by Crippen LogP contribution is 2.23. The average molecular weight is 305 g/mol. The zero-order valence-corrected chi connectivity index (χ0v) is 11.9. The topological polar surface area (TPSA) is 29.1 Å². The molecule has 0 radical (unpaired) electrons. The molecule has 0 saturated heterocycles. The molecule has 0 heterocycles. The Morgan fingerprint density at radius 3 is 2.50 bits per heavy atom. The number of benzene rings is 1. The van der Waals surface area contributed by atoms with Gasteiger partial charge in [0, 0.05) is 16.1 Å². The molecule has 0 aliphatic carbocycles. The predicted octanol–water partition coefficient (Wildman–Crippen LogP) is 3.88. The lowest BCUT2D eigenvalue weighted by atomic mass is 10.1. The predicted molar refractivity (Wildman–Crippen MR) is 70.9 cm³/mol. The molecule has 88 valence electrons. The lowest BCUT2D eigenvalue weighted by Crippen LogP contribution is -2.36. The molecular formula is C12H15BrClNO. The van der Waals surface area contributed by atoms with Crippen molar-refractivity contribution in [2.45, 2.75) is 26.8 Å². The van der Waals surface area contributed by atoms with E-state index in [4.69, 9.17) is 11.6 Å². The Balaban J connectivity index is 2.77. The smallest absolute Gasteiger partial charge is 0.251 e. The van der Waals surface area contributed by atoms with Gasteiger partial charge < -0.3 is 5.32 Å². The van der Waals surface area contributed by atoms with Crippen molar-refractivity contribution in [3.63, 3.8) is 0 Å². The van der Waals surface area contributed by atoms with E-state index < -0.39 is 0 Å². The van der Waals surface area contributed by atoms with Crippen molar-refractivity contribution in [3.8, 4) is 0 Å². The number of halogens is 2. The molecule has 1 rings (SSSR count). The number of carbonyl (C=O) groups is 1. The van der Waals surface area contributed by atoms with Crippen LogP contribution in [-0.2, 0) is 0 Å². The first-order valence-corrected chi connectivity index (χ1v) is 6.35. The second kappa shape index (κ2) is 5.69. The van der Waals surface area contributed by atoms with Crippen LogP contribution in [0.15, 0.2) is 22.7 Å². The van der Waals surface area contributed by atoms with Crippen molar-refractivity contribution >= 4 is 33.4 Å². The van der Waals surface area contributed by atoms with Crippen molar-refractivity contribution in [1.82, 2.24) is 5.32 Å². The highest BCUT2D eigenvalue weighted by molar-refractivity contribution is 9.10. The quantitative estimate of drug-likeness (QED) is 0.902. The maximum atomic E-state index is 11.8. The van der Waals surface area contributed by atoms with Gasteiger partial charge in [-0.1, -0.05) is 25.4 Å². The summed E-state index contributed by atoms with van der Waals surface area (Å²) in [6.07, 6.45) is 0. The van der Waals surface area contributed by atoms with Gasteiger partial charge in [0.15, 0.2) is 0 Å². The van der Waals surface area contributed by atoms with Crippen LogP contribution in [0.25, 0.3) is 0 Å². The fraction of sp³-hybridized carbons (Fsp3) is 0.417. The zero-order chi connectivity index (χ0) is 12.3. The van der Waals surface area contributed by atoms with Crippen LogP contribution in [0, 0.1) is 5.92 Å². The summed E-state index contributed by atoms with van der Waals surface area (Å²) in [4.78, 5) is 11.8. The standard InChI is InChI=1S/C12H15BrClNO/c1-7(2)8(3)15-12(16)9-4-5-10(13)11(14)6-9/h4-8H,1-3H3,(H,15,16). The molecule has 0 saturated carbocycles. The van der Waals surface area contributed by atoms with Crippen LogP contribution < -0.4 is 5.32 Å². The zero-order valence-electron chi connectivity index (χ0n) is 9.55. The lowest BCUT2D eigenvalue weighted by Gasteiger charge is -2.17. The second-order valence-corrected chi connectivity index (χ2v) is 5.40. The Morgan fingerprint density at radius 1 is 1.38 bits per heavy atom. The fourth-order valence-corrected chi connectivity index (χ4v) is 1.52. The van der Waals surface area contributed by atoms with Crippen molar-refractivity contribution in [2.24, 2.45) is 5.92 Å². The lowest BCUT2D eigenvalue weighted by molar-refractivity contribution is 0.0930. The minimum Gasteiger partial charge on any atom is -0.349 e. The van der Waals surface area contributed by atoms with E-state index in [0.29, 0.717) is 16.5 Å². The average Bonchev–Trinajstić information content (AvgIpc) is 2.21. The van der Waals surface area contributed by atoms with E-state index in [1.54, 1.807) is 18.2 Å². The number of nitrogens with one attached hydrogen (secondary N) is 1. The fourth-order valence-electron chi connectivity index (χ4n) is 1.09. The summed E-state index contributed by atoms with van der Waals surface area (Å²) in [5.41, 5.74) is 0.584. The SMILES string of the molecule is CC(C)C(C)NC(=O)c1ccc(Br)c(Cl)c1. The summed E-state index contributed by atoms with van der Waals surface area (Å²) in [6, 6.07) is 5.33. The van der Waals surface area contributed by atoms with Crippen molar-refractivity contribution in [1.29, 1.82) is 0 Å². The molecule has 1 N–H and O–H groups in total. The number of hydrogen-bond donors (Lipinski definition) is 1. The maximum Gasteiger partial charge on any atom is 0.251 e. The van der Waals surface area contributed by atoms with E-state index in [9.17, 15) is 4.79 Å². The van der Waals surface area contributed by atoms with Gasteiger partial charge >= 0.3 is 0 Å². The van der Waals surface area contributed by atoms with Gasteiger partial charge in [0.05, 0.1) is 5.02 Å². The first-order chi connectivity index (χ1) is 7.41. The summed E-state index contributed by atoms with van der Waals surface area (Å²) in [6.45, 7) is 6.13. The number of hydrogen-bond acceptors (Lipinski definition) is 1. The van der Waals surface area contributed by atoms with Crippen LogP contribution in [0.4, 0.5) is 0 Å². The van der Waals surface area contributed by atoms with E-state index in [1.807, 2.05) is 6.92 Å². The molecule has 1 atom stereocenters. The molecular weight excluding hydrogens is 289 g/mol. The Hall–Kier alpha value is -0.540. The van der Waals surface area contributed by atoms with Gasteiger partial charge in [0.25, 0.3) is 5.91 Å². The van der Waals surface area contributed by atoms with Crippen molar-refractivity contribution in [2.75, 3.05) is 0 Å². The van der Waals surface area contributed by atoms with Crippen molar-refractivity contribution < 1.29 is 4.79 Å². The van der Waals surface area contributed by atoms with Crippen LogP contribution in [0.5, 0.6) is 0 Å². The summed E-state index contributed by atoms with van der Waals surface area (Å²) in [5.74, 6) is 0.325. The molecule has 0 fully saturated rings. The summed E-state index contributed by atoms with van der Waals surface area (Å²) in [5, 5.41) is 3.48. The summed E-state index contributed by atoms with van der Waals surface area (Å²) < 4.78 is 0.794. The Labute approximate surface area is 110 Å². The molecule has 0 aliphatic heterocycles. The van der Waals surface area contributed by atoms with E-state index in [0.717, 1.165) is 4.47 Å². The molecule has 0 aromatic heterocycles. The number of rotatable bonds is 3. The third kappa shape index (κ3) is 3.49. The van der Waals surface area contributed by atoms with Crippen LogP contribution in [0.1, 0.15) is 31.1 Å². The Bertz CT molecular complexity index is 393. The van der Waals surface area contributed by atoms with Crippen LogP contribution in [0.2, 0.25) is 5.02 Å². The molecule has 2 nitrogen and oxygen atoms in total. The molecule has 1 aromatic carbocycles. The molecule has 1 unspecified atom stereocenters. The molecule has 0 spiro atoms. The third-order valence-electron chi connectivity index (χ3n) is 2.54. The van der Waals surface area contributed by atoms with Gasteiger partial charge in [-0.2, -0.15) is 0 Å². The summed E-state index contributed by atoms with van der Waals surface area (Å²) in [7, 11) is 0. The first-order valence-electron chi connectivity index (χ1n) is 5.17. The van der Waals surface area contributed by atoms with Crippen LogP contribution >= 0.6 is 27.5 Å². The van der Waals surface area contributed by atoms with E-state index >= 15 is 0 Å². The largest absolute Gasteiger partial charge is 0.349 e. The highest BCUT2D eigenvalue weighted by atomic mass is 79.9. The molecule has 1 aromatic rings. The van der Waals surface area contributed by atoms with Gasteiger partial charge in [-0.3, -0.25) is 4.79 Å². The molecule has 0 bridgehead atoms. The second-order valence-electron chi connectivity index (χ2n) is 4.14. The molecule has 0 aliphatic rings. The first kappa shape index (κ1) is 13.5. The minimum absolute atomic E-state index is 0.0874. The molecule has 1 amide bonds. The minimum atomic E-state index is -0.0874. The third-order valence-corrected chi connectivity index (χ3v) is 3.77. The molecule has 16 heavy (non-hydrogen) atoms. The summed E-state index contributed by atoms with van der Waals surface area (Å²) >= 11 is 9.22. The van der Waals surface area contributed by atoms with E-state index in [2.05, 4.69) is 35.1 Å². The van der Waals surface area contributed by atoms with Gasteiger partial charge in [0.1, 0.15) is 0 Å². The normalized spacial score (nSPS) is 12.6. The monoisotopic (exact) mass is 303 g/mol. The van der Waals surface area contributed by atoms with E-state index in [1.165, 1.54) is 0 Å². The van der Waals surface area contributed by atoms with E-state index in [-0.39, 0.29) is 11.9 Å². The van der Waals surface area contributed by atoms with Crippen LogP contribution in [0.3, 0.4) is 0 Å². The molecule has 4 heteroatoms. The maximum absolute atomic E-state index is 11.8. The Kier molecular flexibility index (Phi) is 4.81. The highest BCUT2D eigenvalue weighted by Gasteiger charge is 2.13. The Morgan fingerprint density at radius 2 is 2.00 bits per heavy atom. The van der Waals surface area contributed by atoms with Gasteiger partial charge in [0.2, 0.25) is 0 Å². The van der Waals surface area contributed by atoms with Gasteiger partial charge in [-0.25, -0.2) is 0 Å². The number of carbonyl (C=O) groups excluding carboxylic acids is 1. The van der Waals surface area contributed by atoms with Crippen LogP contribution in [-0.4, -0.2) is 11.9 Å². The number of amides is 1. The van der Waals surface area contributed by atoms with Gasteiger partial charge in [-0.15, -0.1) is 0 Å².